The molecule has 7 heteroatoms. The molecule has 26 heavy (non-hydrogen) atoms. The summed E-state index contributed by atoms with van der Waals surface area (Å²) in [7, 11) is 1.60. The molecule has 1 aromatic heterocycles. The molecular formula is C19H14BrClN2O3. The van der Waals surface area contributed by atoms with E-state index in [1.165, 1.54) is 0 Å². The minimum Gasteiger partial charge on any atom is -0.497 e. The molecule has 4 rings (SSSR count). The SMILES string of the molecule is COc1ccc2nc(Cl)c(C(=O)N3CCOc4c(Br)cccc43)cc2c1. The summed E-state index contributed by atoms with van der Waals surface area (Å²) in [4.78, 5) is 19.2. The van der Waals surface area contributed by atoms with E-state index in [1.54, 1.807) is 18.1 Å². The Bertz CT molecular complexity index is 1030. The Morgan fingerprint density at radius 2 is 2.15 bits per heavy atom. The Hall–Kier alpha value is -2.31. The number of pyridine rings is 1. The third-order valence-electron chi connectivity index (χ3n) is 4.25. The third kappa shape index (κ3) is 2.89. The average molecular weight is 434 g/mol. The standard InChI is InChI=1S/C19H14BrClN2O3/c1-25-12-5-6-15-11(9-12)10-13(18(21)22-15)19(24)23-7-8-26-17-14(20)3-2-4-16(17)23/h2-6,9-10H,7-8H2,1H3. The largest absolute Gasteiger partial charge is 0.497 e. The quantitative estimate of drug-likeness (QED) is 0.550. The van der Waals surface area contributed by atoms with Crippen molar-refractivity contribution in [3.8, 4) is 11.5 Å². The first kappa shape index (κ1) is 17.1. The van der Waals surface area contributed by atoms with Crippen molar-refractivity contribution in [2.24, 2.45) is 0 Å². The van der Waals surface area contributed by atoms with Gasteiger partial charge < -0.3 is 14.4 Å². The van der Waals surface area contributed by atoms with Gasteiger partial charge in [0.15, 0.2) is 5.75 Å². The van der Waals surface area contributed by atoms with Gasteiger partial charge in [-0.15, -0.1) is 0 Å². The maximum Gasteiger partial charge on any atom is 0.261 e. The molecule has 0 aliphatic carbocycles. The molecule has 0 bridgehead atoms. The van der Waals surface area contributed by atoms with Crippen molar-refractivity contribution in [2.45, 2.75) is 0 Å². The van der Waals surface area contributed by atoms with Gasteiger partial charge in [0.05, 0.1) is 34.9 Å². The van der Waals surface area contributed by atoms with Gasteiger partial charge in [-0.3, -0.25) is 4.79 Å². The summed E-state index contributed by atoms with van der Waals surface area (Å²) in [6.45, 7) is 0.850. The fourth-order valence-corrected chi connectivity index (χ4v) is 3.67. The Kier molecular flexibility index (Phi) is 4.46. The molecule has 1 aliphatic rings. The monoisotopic (exact) mass is 432 g/mol. The summed E-state index contributed by atoms with van der Waals surface area (Å²) in [5, 5.41) is 0.968. The van der Waals surface area contributed by atoms with E-state index in [0.29, 0.717) is 41.4 Å². The van der Waals surface area contributed by atoms with Crippen molar-refractivity contribution in [3.63, 3.8) is 0 Å². The Morgan fingerprint density at radius 1 is 1.31 bits per heavy atom. The van der Waals surface area contributed by atoms with Gasteiger partial charge in [0, 0.05) is 5.39 Å². The number of rotatable bonds is 2. The van der Waals surface area contributed by atoms with Gasteiger partial charge in [-0.2, -0.15) is 0 Å². The molecule has 0 saturated heterocycles. The summed E-state index contributed by atoms with van der Waals surface area (Å²) < 4.78 is 11.8. The van der Waals surface area contributed by atoms with E-state index in [-0.39, 0.29) is 11.1 Å². The number of carbonyl (C=O) groups is 1. The summed E-state index contributed by atoms with van der Waals surface area (Å²) in [5.41, 5.74) is 1.76. The molecule has 0 spiro atoms. The molecule has 0 radical (unpaired) electrons. The van der Waals surface area contributed by atoms with Gasteiger partial charge in [-0.05, 0) is 52.3 Å². The summed E-state index contributed by atoms with van der Waals surface area (Å²) in [5.74, 6) is 1.13. The van der Waals surface area contributed by atoms with Crippen molar-refractivity contribution in [1.82, 2.24) is 4.98 Å². The van der Waals surface area contributed by atoms with E-state index in [2.05, 4.69) is 20.9 Å². The number of anilines is 1. The highest BCUT2D eigenvalue weighted by atomic mass is 79.9. The number of para-hydroxylation sites is 1. The normalized spacial score (nSPS) is 13.3. The average Bonchev–Trinajstić information content (AvgIpc) is 2.66. The van der Waals surface area contributed by atoms with Crippen LogP contribution in [-0.4, -0.2) is 31.2 Å². The molecule has 1 amide bonds. The van der Waals surface area contributed by atoms with Gasteiger partial charge in [0.25, 0.3) is 5.91 Å². The van der Waals surface area contributed by atoms with E-state index in [0.717, 1.165) is 9.86 Å². The number of ether oxygens (including phenoxy) is 2. The zero-order valence-electron chi connectivity index (χ0n) is 13.8. The topological polar surface area (TPSA) is 51.7 Å². The number of amides is 1. The lowest BCUT2D eigenvalue weighted by Gasteiger charge is -2.30. The van der Waals surface area contributed by atoms with E-state index in [9.17, 15) is 4.79 Å². The van der Waals surface area contributed by atoms with Crippen molar-refractivity contribution >= 4 is 50.0 Å². The van der Waals surface area contributed by atoms with E-state index < -0.39 is 0 Å². The lowest BCUT2D eigenvalue weighted by Crippen LogP contribution is -2.38. The molecule has 2 heterocycles. The van der Waals surface area contributed by atoms with Crippen LogP contribution in [-0.2, 0) is 0 Å². The Labute approximate surface area is 163 Å². The van der Waals surface area contributed by atoms with E-state index in [1.807, 2.05) is 36.4 Å². The van der Waals surface area contributed by atoms with Crippen LogP contribution in [0.5, 0.6) is 11.5 Å². The van der Waals surface area contributed by atoms with Crippen LogP contribution in [0, 0.1) is 0 Å². The van der Waals surface area contributed by atoms with Crippen molar-refractivity contribution in [1.29, 1.82) is 0 Å². The highest BCUT2D eigenvalue weighted by Crippen LogP contribution is 2.39. The molecule has 1 aliphatic heterocycles. The number of benzene rings is 2. The van der Waals surface area contributed by atoms with Crippen LogP contribution >= 0.6 is 27.5 Å². The molecule has 5 nitrogen and oxygen atoms in total. The lowest BCUT2D eigenvalue weighted by atomic mass is 10.1. The van der Waals surface area contributed by atoms with Gasteiger partial charge in [0.1, 0.15) is 17.5 Å². The Balaban J connectivity index is 1.80. The van der Waals surface area contributed by atoms with Gasteiger partial charge >= 0.3 is 0 Å². The van der Waals surface area contributed by atoms with Crippen LogP contribution in [0.4, 0.5) is 5.69 Å². The van der Waals surface area contributed by atoms with Crippen LogP contribution in [0.25, 0.3) is 10.9 Å². The molecule has 0 fully saturated rings. The maximum atomic E-state index is 13.2. The molecule has 0 N–H and O–H groups in total. The third-order valence-corrected chi connectivity index (χ3v) is 5.16. The fraction of sp³-hybridized carbons (Fsp3) is 0.158. The van der Waals surface area contributed by atoms with E-state index in [4.69, 9.17) is 21.1 Å². The lowest BCUT2D eigenvalue weighted by molar-refractivity contribution is 0.0976. The summed E-state index contributed by atoms with van der Waals surface area (Å²) in [6, 6.07) is 12.8. The molecule has 3 aromatic rings. The minimum atomic E-state index is -0.213. The van der Waals surface area contributed by atoms with E-state index >= 15 is 0 Å². The number of aromatic nitrogens is 1. The second-order valence-corrected chi connectivity index (χ2v) is 6.99. The molecule has 0 unspecified atom stereocenters. The number of hydrogen-bond donors (Lipinski definition) is 0. The first-order valence-corrected chi connectivity index (χ1v) is 9.13. The molecule has 0 atom stereocenters. The molecule has 0 saturated carbocycles. The van der Waals surface area contributed by atoms with Crippen molar-refractivity contribution in [2.75, 3.05) is 25.2 Å². The highest BCUT2D eigenvalue weighted by Gasteiger charge is 2.28. The zero-order valence-corrected chi connectivity index (χ0v) is 16.2. The summed E-state index contributed by atoms with van der Waals surface area (Å²) >= 11 is 9.78. The number of carbonyl (C=O) groups excluding carboxylic acids is 1. The molecular weight excluding hydrogens is 420 g/mol. The van der Waals surface area contributed by atoms with Crippen LogP contribution in [0.2, 0.25) is 5.15 Å². The number of halogens is 2. The van der Waals surface area contributed by atoms with Crippen LogP contribution < -0.4 is 14.4 Å². The van der Waals surface area contributed by atoms with Crippen LogP contribution in [0.15, 0.2) is 46.9 Å². The van der Waals surface area contributed by atoms with Gasteiger partial charge in [0.2, 0.25) is 0 Å². The smallest absolute Gasteiger partial charge is 0.261 e. The summed E-state index contributed by atoms with van der Waals surface area (Å²) in [6.07, 6.45) is 0. The number of fused-ring (bicyclic) bond motifs is 2. The number of methoxy groups -OCH3 is 1. The van der Waals surface area contributed by atoms with Crippen molar-refractivity contribution < 1.29 is 14.3 Å². The minimum absolute atomic E-state index is 0.177. The van der Waals surface area contributed by atoms with Gasteiger partial charge in [-0.25, -0.2) is 4.98 Å². The predicted octanol–water partition coefficient (Wildman–Crippen LogP) is 4.70. The predicted molar refractivity (Wildman–Crippen MR) is 105 cm³/mol. The number of nitrogens with zero attached hydrogens (tertiary/aromatic N) is 2. The second kappa shape index (κ2) is 6.78. The fourth-order valence-electron chi connectivity index (χ4n) is 2.98. The van der Waals surface area contributed by atoms with Gasteiger partial charge in [-0.1, -0.05) is 17.7 Å². The first-order chi connectivity index (χ1) is 12.6. The molecule has 2 aromatic carbocycles. The zero-order chi connectivity index (χ0) is 18.3. The number of hydrogen-bond acceptors (Lipinski definition) is 4. The Morgan fingerprint density at radius 3 is 2.96 bits per heavy atom. The second-order valence-electron chi connectivity index (χ2n) is 5.78. The van der Waals surface area contributed by atoms with Crippen LogP contribution in [0.1, 0.15) is 10.4 Å². The first-order valence-electron chi connectivity index (χ1n) is 7.96. The highest BCUT2D eigenvalue weighted by molar-refractivity contribution is 9.10. The van der Waals surface area contributed by atoms with Crippen LogP contribution in [0.3, 0.4) is 0 Å². The molecule has 132 valence electrons. The van der Waals surface area contributed by atoms with Crippen molar-refractivity contribution in [3.05, 3.63) is 57.7 Å². The maximum absolute atomic E-state index is 13.2.